The lowest BCUT2D eigenvalue weighted by Gasteiger charge is -2.61. The van der Waals surface area contributed by atoms with Crippen LogP contribution in [0, 0.1) is 40.4 Å². The third-order valence-electron chi connectivity index (χ3n) is 10.2. The quantitative estimate of drug-likeness (QED) is 0.344. The Bertz CT molecular complexity index is 608. The van der Waals surface area contributed by atoms with Gasteiger partial charge in [-0.15, -0.1) is 0 Å². The monoisotopic (exact) mass is 418 g/mol. The molecule has 0 aromatic carbocycles. The van der Waals surface area contributed by atoms with Crippen LogP contribution in [-0.4, -0.2) is 49.6 Å². The molecule has 172 valence electrons. The normalized spacial score (nSPS) is 45.9. The van der Waals surface area contributed by atoms with Crippen LogP contribution in [0.2, 0.25) is 0 Å². The fraction of sp³-hybridized carbons (Fsp3) is 0.962. The van der Waals surface area contributed by atoms with Crippen LogP contribution < -0.4 is 0 Å². The Labute approximate surface area is 184 Å². The highest BCUT2D eigenvalue weighted by Gasteiger charge is 2.59. The van der Waals surface area contributed by atoms with Crippen molar-refractivity contribution in [3.05, 3.63) is 0 Å². The van der Waals surface area contributed by atoms with Gasteiger partial charge in [0.2, 0.25) is 0 Å². The average Bonchev–Trinajstić information content (AvgIpc) is 3.04. The van der Waals surface area contributed by atoms with E-state index in [1.807, 2.05) is 0 Å². The minimum Gasteiger partial charge on any atom is -0.396 e. The van der Waals surface area contributed by atoms with Gasteiger partial charge in [0, 0.05) is 12.8 Å². The molecule has 0 amide bonds. The van der Waals surface area contributed by atoms with Crippen molar-refractivity contribution in [1.29, 1.82) is 0 Å². The Morgan fingerprint density at radius 1 is 1.00 bits per heavy atom. The Balaban J connectivity index is 1.34. The van der Waals surface area contributed by atoms with Crippen molar-refractivity contribution in [2.24, 2.45) is 45.6 Å². The van der Waals surface area contributed by atoms with Crippen LogP contribution in [0.4, 0.5) is 0 Å². The van der Waals surface area contributed by atoms with Crippen LogP contribution in [0.3, 0.4) is 0 Å². The first-order chi connectivity index (χ1) is 14.3. The van der Waals surface area contributed by atoms with Gasteiger partial charge in [0.05, 0.1) is 6.10 Å². The summed E-state index contributed by atoms with van der Waals surface area (Å²) in [6.45, 7) is 6.97. The lowest BCUT2D eigenvalue weighted by Crippen LogP contribution is -2.53. The second-order valence-corrected chi connectivity index (χ2v) is 11.9. The van der Waals surface area contributed by atoms with Gasteiger partial charge >= 0.3 is 0 Å². The summed E-state index contributed by atoms with van der Waals surface area (Å²) < 4.78 is 0. The zero-order valence-electron chi connectivity index (χ0n) is 20.0. The van der Waals surface area contributed by atoms with Crippen LogP contribution >= 0.6 is 0 Å². The van der Waals surface area contributed by atoms with Crippen molar-refractivity contribution in [2.75, 3.05) is 27.2 Å². The van der Waals surface area contributed by atoms with E-state index < -0.39 is 0 Å². The Kier molecular flexibility index (Phi) is 6.85. The van der Waals surface area contributed by atoms with E-state index in [9.17, 15) is 5.11 Å². The molecular formula is C26H46N2O2. The molecule has 30 heavy (non-hydrogen) atoms. The molecule has 0 saturated heterocycles. The second kappa shape index (κ2) is 9.10. The molecule has 0 aliphatic heterocycles. The number of aliphatic hydroxyl groups is 1. The predicted molar refractivity (Wildman–Crippen MR) is 123 cm³/mol. The molecule has 0 aromatic rings. The first-order valence-corrected chi connectivity index (χ1v) is 12.8. The van der Waals surface area contributed by atoms with Gasteiger partial charge in [0.25, 0.3) is 0 Å². The maximum absolute atomic E-state index is 10.2. The van der Waals surface area contributed by atoms with Gasteiger partial charge in [-0.3, -0.25) is 0 Å². The third-order valence-corrected chi connectivity index (χ3v) is 10.2. The molecular weight excluding hydrogens is 372 g/mol. The standard InChI is InChI=1S/C26H46N2O2/c1-25-14-11-24-22(8-6-20-18-21(29)10-13-26(20,24)2)23(25)9-7-19(25)12-15-27-30-17-5-16-28(3)4/h15,19-24,29H,5-14,16-18H2,1-4H3/b27-15+/t19-,20-,21+,22+,23+,24+,25-,26+/m1/s1. The van der Waals surface area contributed by atoms with E-state index in [0.717, 1.165) is 68.4 Å². The van der Waals surface area contributed by atoms with Gasteiger partial charge < -0.3 is 14.8 Å². The SMILES string of the molecule is CN(C)CCCO/N=C/C[C@H]1CC[C@H]2[C@@H]3CC[C@@H]4C[C@@H](O)CC[C@]4(C)[C@H]3CC[C@]12C. The molecule has 4 aliphatic carbocycles. The van der Waals surface area contributed by atoms with E-state index in [4.69, 9.17) is 4.84 Å². The minimum absolute atomic E-state index is 0.0336. The van der Waals surface area contributed by atoms with Crippen LogP contribution in [0.25, 0.3) is 0 Å². The van der Waals surface area contributed by atoms with E-state index in [-0.39, 0.29) is 6.10 Å². The highest BCUT2D eigenvalue weighted by molar-refractivity contribution is 5.57. The molecule has 1 N–H and O–H groups in total. The highest BCUT2D eigenvalue weighted by Crippen LogP contribution is 2.67. The van der Waals surface area contributed by atoms with E-state index >= 15 is 0 Å². The molecule has 0 bridgehead atoms. The third kappa shape index (κ3) is 4.20. The highest BCUT2D eigenvalue weighted by atomic mass is 16.6. The largest absolute Gasteiger partial charge is 0.396 e. The van der Waals surface area contributed by atoms with Crippen molar-refractivity contribution < 1.29 is 9.94 Å². The van der Waals surface area contributed by atoms with Crippen LogP contribution in [0.1, 0.15) is 84.5 Å². The van der Waals surface area contributed by atoms with E-state index in [0.29, 0.717) is 10.8 Å². The van der Waals surface area contributed by atoms with Crippen molar-refractivity contribution in [3.63, 3.8) is 0 Å². The molecule has 0 aromatic heterocycles. The number of fused-ring (bicyclic) bond motifs is 5. The number of oxime groups is 1. The lowest BCUT2D eigenvalue weighted by atomic mass is 9.44. The lowest BCUT2D eigenvalue weighted by molar-refractivity contribution is -0.126. The minimum atomic E-state index is -0.0336. The Morgan fingerprint density at radius 3 is 2.57 bits per heavy atom. The fourth-order valence-electron chi connectivity index (χ4n) is 8.45. The molecule has 0 unspecified atom stereocenters. The number of hydrogen-bond donors (Lipinski definition) is 1. The molecule has 4 rings (SSSR count). The van der Waals surface area contributed by atoms with Crippen molar-refractivity contribution in [1.82, 2.24) is 4.90 Å². The van der Waals surface area contributed by atoms with Crippen LogP contribution in [-0.2, 0) is 4.84 Å². The summed E-state index contributed by atoms with van der Waals surface area (Å²) in [7, 11) is 4.19. The van der Waals surface area contributed by atoms with Gasteiger partial charge in [-0.1, -0.05) is 19.0 Å². The van der Waals surface area contributed by atoms with Crippen LogP contribution in [0.15, 0.2) is 5.16 Å². The number of nitrogens with zero attached hydrogens (tertiary/aromatic N) is 2. The summed E-state index contributed by atoms with van der Waals surface area (Å²) >= 11 is 0. The summed E-state index contributed by atoms with van der Waals surface area (Å²) in [4.78, 5) is 7.69. The molecule has 4 aliphatic rings. The van der Waals surface area contributed by atoms with Gasteiger partial charge in [0.1, 0.15) is 6.61 Å². The summed E-state index contributed by atoms with van der Waals surface area (Å²) in [6, 6.07) is 0. The smallest absolute Gasteiger partial charge is 0.118 e. The fourth-order valence-corrected chi connectivity index (χ4v) is 8.45. The zero-order valence-corrected chi connectivity index (χ0v) is 20.0. The van der Waals surface area contributed by atoms with Gasteiger partial charge in [-0.2, -0.15) is 0 Å². The topological polar surface area (TPSA) is 45.1 Å². The molecule has 4 heteroatoms. The van der Waals surface area contributed by atoms with Crippen molar-refractivity contribution in [3.8, 4) is 0 Å². The first-order valence-electron chi connectivity index (χ1n) is 12.8. The molecule has 0 heterocycles. The van der Waals surface area contributed by atoms with Crippen LogP contribution in [0.5, 0.6) is 0 Å². The molecule has 0 radical (unpaired) electrons. The van der Waals surface area contributed by atoms with E-state index in [2.05, 4.69) is 44.2 Å². The van der Waals surface area contributed by atoms with Gasteiger partial charge in [-0.25, -0.2) is 0 Å². The maximum atomic E-state index is 10.2. The maximum Gasteiger partial charge on any atom is 0.118 e. The van der Waals surface area contributed by atoms with Gasteiger partial charge in [-0.05, 0) is 125 Å². The molecule has 8 atom stereocenters. The Morgan fingerprint density at radius 2 is 1.77 bits per heavy atom. The molecule has 4 saturated carbocycles. The zero-order chi connectivity index (χ0) is 21.4. The summed E-state index contributed by atoms with van der Waals surface area (Å²) in [5, 5.41) is 14.5. The van der Waals surface area contributed by atoms with Gasteiger partial charge in [0.15, 0.2) is 0 Å². The molecule has 0 spiro atoms. The predicted octanol–water partition coefficient (Wildman–Crippen LogP) is 5.35. The molecule has 4 fully saturated rings. The number of rotatable bonds is 7. The van der Waals surface area contributed by atoms with E-state index in [1.165, 1.54) is 44.9 Å². The first kappa shape index (κ1) is 22.6. The molecule has 4 nitrogen and oxygen atoms in total. The van der Waals surface area contributed by atoms with Crippen molar-refractivity contribution in [2.45, 2.75) is 90.6 Å². The van der Waals surface area contributed by atoms with E-state index in [1.54, 1.807) is 0 Å². The number of hydrogen-bond acceptors (Lipinski definition) is 4. The summed E-state index contributed by atoms with van der Waals surface area (Å²) in [5.74, 6) is 4.26. The summed E-state index contributed by atoms with van der Waals surface area (Å²) in [5.41, 5.74) is 0.985. The Hall–Kier alpha value is -0.610. The average molecular weight is 419 g/mol. The number of aliphatic hydroxyl groups excluding tert-OH is 1. The van der Waals surface area contributed by atoms with Crippen molar-refractivity contribution >= 4 is 6.21 Å². The summed E-state index contributed by atoms with van der Waals surface area (Å²) in [6.07, 6.45) is 15.9. The second-order valence-electron chi connectivity index (χ2n) is 11.9.